The molecular formula is C17H15NO3. The Labute approximate surface area is 121 Å². The minimum atomic E-state index is -0.109. The van der Waals surface area contributed by atoms with Gasteiger partial charge in [0.15, 0.2) is 5.43 Å². The average molecular weight is 281 g/mol. The third-order valence-electron chi connectivity index (χ3n) is 3.20. The van der Waals surface area contributed by atoms with Gasteiger partial charge in [0, 0.05) is 6.07 Å². The molecule has 0 unspecified atom stereocenters. The number of hydrogen-bond donors (Lipinski definition) is 1. The Morgan fingerprint density at radius 2 is 1.86 bits per heavy atom. The molecule has 106 valence electrons. The Hall–Kier alpha value is -2.59. The molecular weight excluding hydrogens is 266 g/mol. The maximum atomic E-state index is 12.0. The number of nitrogens with two attached hydrogens (primary N) is 1. The number of fused-ring (bicyclic) bond motifs is 1. The van der Waals surface area contributed by atoms with Crippen molar-refractivity contribution in [3.8, 4) is 5.75 Å². The van der Waals surface area contributed by atoms with Crippen LogP contribution in [0.15, 0.2) is 63.8 Å². The molecule has 3 aromatic rings. The van der Waals surface area contributed by atoms with Crippen molar-refractivity contribution in [2.24, 2.45) is 5.73 Å². The molecule has 1 heterocycles. The molecule has 0 saturated heterocycles. The van der Waals surface area contributed by atoms with Gasteiger partial charge in [0.05, 0.1) is 11.9 Å². The highest BCUT2D eigenvalue weighted by Crippen LogP contribution is 2.20. The fourth-order valence-corrected chi connectivity index (χ4v) is 2.12. The van der Waals surface area contributed by atoms with Crippen LogP contribution in [0, 0.1) is 0 Å². The molecule has 0 aliphatic carbocycles. The maximum Gasteiger partial charge on any atom is 0.193 e. The van der Waals surface area contributed by atoms with Crippen molar-refractivity contribution in [2.75, 3.05) is 0 Å². The van der Waals surface area contributed by atoms with Gasteiger partial charge in [0.25, 0.3) is 0 Å². The van der Waals surface area contributed by atoms with E-state index in [4.69, 9.17) is 14.9 Å². The van der Waals surface area contributed by atoms with Gasteiger partial charge in [0.1, 0.15) is 23.7 Å². The first kappa shape index (κ1) is 13.4. The van der Waals surface area contributed by atoms with E-state index in [-0.39, 0.29) is 12.0 Å². The molecule has 21 heavy (non-hydrogen) atoms. The molecule has 0 saturated carbocycles. The zero-order valence-electron chi connectivity index (χ0n) is 11.4. The zero-order chi connectivity index (χ0) is 14.7. The van der Waals surface area contributed by atoms with E-state index < -0.39 is 0 Å². The SMILES string of the molecule is NCc1cc(=O)c2cc(OCc3ccccc3)ccc2o1. The summed E-state index contributed by atoms with van der Waals surface area (Å²) in [5.74, 6) is 1.12. The quantitative estimate of drug-likeness (QED) is 0.798. The highest BCUT2D eigenvalue weighted by atomic mass is 16.5. The van der Waals surface area contributed by atoms with E-state index in [0.29, 0.717) is 29.1 Å². The van der Waals surface area contributed by atoms with Gasteiger partial charge in [0.2, 0.25) is 0 Å². The molecule has 0 radical (unpaired) electrons. The third-order valence-corrected chi connectivity index (χ3v) is 3.20. The third kappa shape index (κ3) is 2.95. The lowest BCUT2D eigenvalue weighted by atomic mass is 10.2. The Kier molecular flexibility index (Phi) is 3.71. The molecule has 0 fully saturated rings. The Bertz CT molecular complexity index is 809. The Morgan fingerprint density at radius 1 is 1.05 bits per heavy atom. The predicted molar refractivity (Wildman–Crippen MR) is 81.1 cm³/mol. The Morgan fingerprint density at radius 3 is 2.62 bits per heavy atom. The van der Waals surface area contributed by atoms with Crippen molar-refractivity contribution < 1.29 is 9.15 Å². The second kappa shape index (κ2) is 5.81. The van der Waals surface area contributed by atoms with Crippen molar-refractivity contribution in [2.45, 2.75) is 13.2 Å². The van der Waals surface area contributed by atoms with Gasteiger partial charge in [-0.15, -0.1) is 0 Å². The van der Waals surface area contributed by atoms with Gasteiger partial charge in [-0.05, 0) is 23.8 Å². The summed E-state index contributed by atoms with van der Waals surface area (Å²) >= 11 is 0. The summed E-state index contributed by atoms with van der Waals surface area (Å²) in [5, 5.41) is 0.498. The van der Waals surface area contributed by atoms with Crippen molar-refractivity contribution in [1.29, 1.82) is 0 Å². The minimum absolute atomic E-state index is 0.109. The molecule has 0 spiro atoms. The fraction of sp³-hybridized carbons (Fsp3) is 0.118. The van der Waals surface area contributed by atoms with Gasteiger partial charge in [-0.3, -0.25) is 4.79 Å². The summed E-state index contributed by atoms with van der Waals surface area (Å²) in [5.41, 5.74) is 6.98. The molecule has 0 atom stereocenters. The molecule has 1 aromatic heterocycles. The van der Waals surface area contributed by atoms with E-state index in [1.54, 1.807) is 18.2 Å². The van der Waals surface area contributed by atoms with Crippen LogP contribution in [0.25, 0.3) is 11.0 Å². The van der Waals surface area contributed by atoms with Crippen molar-refractivity contribution in [3.63, 3.8) is 0 Å². The van der Waals surface area contributed by atoms with Gasteiger partial charge < -0.3 is 14.9 Å². The van der Waals surface area contributed by atoms with Crippen molar-refractivity contribution >= 4 is 11.0 Å². The average Bonchev–Trinajstić information content (AvgIpc) is 2.54. The fourth-order valence-electron chi connectivity index (χ4n) is 2.12. The maximum absolute atomic E-state index is 12.0. The van der Waals surface area contributed by atoms with Crippen LogP contribution < -0.4 is 15.9 Å². The number of hydrogen-bond acceptors (Lipinski definition) is 4. The van der Waals surface area contributed by atoms with E-state index in [2.05, 4.69) is 0 Å². The molecule has 4 heteroatoms. The van der Waals surface area contributed by atoms with Crippen LogP contribution in [0.4, 0.5) is 0 Å². The molecule has 0 amide bonds. The van der Waals surface area contributed by atoms with Gasteiger partial charge in [-0.2, -0.15) is 0 Å². The van der Waals surface area contributed by atoms with E-state index in [1.807, 2.05) is 30.3 Å². The van der Waals surface area contributed by atoms with Crippen LogP contribution in [0.1, 0.15) is 11.3 Å². The molecule has 0 bridgehead atoms. The van der Waals surface area contributed by atoms with E-state index in [1.165, 1.54) is 6.07 Å². The second-order valence-electron chi connectivity index (χ2n) is 4.71. The van der Waals surface area contributed by atoms with E-state index in [0.717, 1.165) is 5.56 Å². The molecule has 0 aliphatic heterocycles. The lowest BCUT2D eigenvalue weighted by Crippen LogP contribution is -2.05. The summed E-state index contributed by atoms with van der Waals surface area (Å²) in [7, 11) is 0. The first-order valence-electron chi connectivity index (χ1n) is 6.70. The molecule has 2 N–H and O–H groups in total. The van der Waals surface area contributed by atoms with Crippen LogP contribution in [0.5, 0.6) is 5.75 Å². The zero-order valence-corrected chi connectivity index (χ0v) is 11.4. The highest BCUT2D eigenvalue weighted by Gasteiger charge is 2.06. The summed E-state index contributed by atoms with van der Waals surface area (Å²) < 4.78 is 11.2. The lowest BCUT2D eigenvalue weighted by molar-refractivity contribution is 0.306. The van der Waals surface area contributed by atoms with Crippen LogP contribution in [-0.4, -0.2) is 0 Å². The van der Waals surface area contributed by atoms with Crippen molar-refractivity contribution in [1.82, 2.24) is 0 Å². The normalized spacial score (nSPS) is 10.7. The molecule has 4 nitrogen and oxygen atoms in total. The van der Waals surface area contributed by atoms with Gasteiger partial charge in [-0.25, -0.2) is 0 Å². The molecule has 3 rings (SSSR count). The van der Waals surface area contributed by atoms with E-state index in [9.17, 15) is 4.79 Å². The van der Waals surface area contributed by atoms with Crippen molar-refractivity contribution in [3.05, 3.63) is 76.1 Å². The predicted octanol–water partition coefficient (Wildman–Crippen LogP) is 2.83. The smallest absolute Gasteiger partial charge is 0.193 e. The highest BCUT2D eigenvalue weighted by molar-refractivity contribution is 5.78. The number of rotatable bonds is 4. The topological polar surface area (TPSA) is 65.5 Å². The summed E-state index contributed by atoms with van der Waals surface area (Å²) in [6.45, 7) is 0.663. The Balaban J connectivity index is 1.87. The first-order chi connectivity index (χ1) is 10.3. The largest absolute Gasteiger partial charge is 0.489 e. The molecule has 0 aliphatic rings. The van der Waals surface area contributed by atoms with Gasteiger partial charge >= 0.3 is 0 Å². The summed E-state index contributed by atoms with van der Waals surface area (Å²) in [6.07, 6.45) is 0. The number of ether oxygens (including phenoxy) is 1. The van der Waals surface area contributed by atoms with Crippen LogP contribution >= 0.6 is 0 Å². The minimum Gasteiger partial charge on any atom is -0.489 e. The van der Waals surface area contributed by atoms with Crippen LogP contribution in [0.2, 0.25) is 0 Å². The standard InChI is InChI=1S/C17H15NO3/c18-10-14-9-16(19)15-8-13(6-7-17(15)21-14)20-11-12-4-2-1-3-5-12/h1-9H,10-11,18H2. The second-order valence-corrected chi connectivity index (χ2v) is 4.71. The monoisotopic (exact) mass is 281 g/mol. The first-order valence-corrected chi connectivity index (χ1v) is 6.70. The number of benzene rings is 2. The van der Waals surface area contributed by atoms with Crippen LogP contribution in [0.3, 0.4) is 0 Å². The molecule has 2 aromatic carbocycles. The summed E-state index contributed by atoms with van der Waals surface area (Å²) in [4.78, 5) is 12.0. The summed E-state index contributed by atoms with van der Waals surface area (Å²) in [6, 6.07) is 16.5. The lowest BCUT2D eigenvalue weighted by Gasteiger charge is -2.07. The van der Waals surface area contributed by atoms with E-state index >= 15 is 0 Å². The van der Waals surface area contributed by atoms with Crippen LogP contribution in [-0.2, 0) is 13.2 Å². The van der Waals surface area contributed by atoms with Gasteiger partial charge in [-0.1, -0.05) is 30.3 Å².